The molecule has 2 N–H and O–H groups in total. The lowest BCUT2D eigenvalue weighted by Gasteiger charge is -2.42. The molecular weight excluding hydrogens is 725 g/mol. The Balaban J connectivity index is 0.877. The molecule has 2 amide bonds. The number of hydrogen-bond donors (Lipinski definition) is 2. The molecule has 0 radical (unpaired) electrons. The molecule has 270 valence electrons. The monoisotopic (exact) mass is 767 g/mol. The molecule has 5 heterocycles. The number of imidazole rings is 1. The van der Waals surface area contributed by atoms with Crippen molar-refractivity contribution in [2.45, 2.75) is 88.3 Å². The second-order valence-electron chi connectivity index (χ2n) is 15.1. The summed E-state index contributed by atoms with van der Waals surface area (Å²) in [4.78, 5) is 46.7. The standard InChI is InChI=1S/C40H43BrFN7O3/c41-30-6-3-7-34-37(30)39(52)45-40-48(27-4-1-2-5-27)35-23-28(9-12-33(35)49(34)40)47-20-16-26(17-21-47)46-18-14-24(15-19-46)29-10-8-25(22-31(29)42)43-32-11-13-36(50)44-38(32)51/h3,6-10,12,22-24,26-27,32,43H,1-2,4-5,11,13-21H2,(H,44,50,51). The van der Waals surface area contributed by atoms with Gasteiger partial charge in [-0.15, -0.1) is 0 Å². The molecule has 52 heavy (non-hydrogen) atoms. The molecular formula is C40H43BrFN7O3. The number of hydrogen-bond acceptors (Lipinski definition) is 7. The highest BCUT2D eigenvalue weighted by molar-refractivity contribution is 9.10. The molecule has 1 saturated carbocycles. The van der Waals surface area contributed by atoms with Crippen LogP contribution in [0.3, 0.4) is 0 Å². The Kier molecular flexibility index (Phi) is 8.77. The maximum atomic E-state index is 15.3. The van der Waals surface area contributed by atoms with E-state index in [2.05, 4.69) is 68.5 Å². The Morgan fingerprint density at radius 3 is 2.35 bits per heavy atom. The second kappa shape index (κ2) is 13.6. The third-order valence-electron chi connectivity index (χ3n) is 12.1. The number of imide groups is 1. The minimum Gasteiger partial charge on any atom is -0.374 e. The average molecular weight is 769 g/mol. The van der Waals surface area contributed by atoms with Crippen LogP contribution in [0.1, 0.15) is 81.7 Å². The van der Waals surface area contributed by atoms with Crippen LogP contribution in [0.5, 0.6) is 0 Å². The molecule has 4 fully saturated rings. The molecule has 3 aromatic carbocycles. The summed E-state index contributed by atoms with van der Waals surface area (Å²) in [6, 6.07) is 18.2. The van der Waals surface area contributed by atoms with Gasteiger partial charge in [-0.2, -0.15) is 4.98 Å². The molecule has 2 aromatic heterocycles. The van der Waals surface area contributed by atoms with Gasteiger partial charge in [-0.05, 0) is 128 Å². The Morgan fingerprint density at radius 2 is 1.60 bits per heavy atom. The number of nitrogens with one attached hydrogen (secondary N) is 2. The first kappa shape index (κ1) is 33.5. The first-order valence-electron chi connectivity index (χ1n) is 18.9. The van der Waals surface area contributed by atoms with E-state index in [4.69, 9.17) is 0 Å². The lowest BCUT2D eigenvalue weighted by atomic mass is 9.87. The summed E-state index contributed by atoms with van der Waals surface area (Å²) in [7, 11) is 0. The van der Waals surface area contributed by atoms with Gasteiger partial charge in [0.25, 0.3) is 5.56 Å². The highest BCUT2D eigenvalue weighted by Gasteiger charge is 2.32. The maximum Gasteiger partial charge on any atom is 0.283 e. The van der Waals surface area contributed by atoms with Crippen molar-refractivity contribution in [1.82, 2.24) is 24.2 Å². The number of benzene rings is 3. The van der Waals surface area contributed by atoms with Gasteiger partial charge in [0.2, 0.25) is 17.6 Å². The number of nitrogens with zero attached hydrogens (tertiary/aromatic N) is 5. The average Bonchev–Trinajstić information content (AvgIpc) is 3.79. The number of piperidine rings is 3. The zero-order chi connectivity index (χ0) is 35.5. The van der Waals surface area contributed by atoms with Gasteiger partial charge in [0.05, 0.1) is 21.9 Å². The van der Waals surface area contributed by atoms with E-state index >= 15 is 4.39 Å². The third kappa shape index (κ3) is 5.97. The molecule has 1 aliphatic carbocycles. The van der Waals surface area contributed by atoms with Crippen molar-refractivity contribution in [2.24, 2.45) is 0 Å². The normalized spacial score (nSPS) is 21.5. The fourth-order valence-corrected chi connectivity index (χ4v) is 9.91. The number of anilines is 2. The summed E-state index contributed by atoms with van der Waals surface area (Å²) in [6.45, 7) is 3.85. The highest BCUT2D eigenvalue weighted by atomic mass is 79.9. The predicted molar refractivity (Wildman–Crippen MR) is 205 cm³/mol. The van der Waals surface area contributed by atoms with Crippen LogP contribution in [0, 0.1) is 5.82 Å². The van der Waals surface area contributed by atoms with Gasteiger partial charge in [-0.1, -0.05) is 25.0 Å². The Bertz CT molecular complexity index is 2270. The molecule has 3 aliphatic heterocycles. The number of halogens is 2. The smallest absolute Gasteiger partial charge is 0.283 e. The van der Waals surface area contributed by atoms with Crippen molar-refractivity contribution in [1.29, 1.82) is 0 Å². The van der Waals surface area contributed by atoms with Crippen LogP contribution in [0.2, 0.25) is 0 Å². The van der Waals surface area contributed by atoms with Crippen LogP contribution < -0.4 is 21.1 Å². The van der Waals surface area contributed by atoms with Gasteiger partial charge in [-0.25, -0.2) is 4.39 Å². The van der Waals surface area contributed by atoms with Crippen molar-refractivity contribution in [3.63, 3.8) is 0 Å². The number of carbonyl (C=O) groups is 2. The first-order valence-corrected chi connectivity index (χ1v) is 19.7. The summed E-state index contributed by atoms with van der Waals surface area (Å²) < 4.78 is 20.6. The van der Waals surface area contributed by atoms with E-state index in [1.165, 1.54) is 24.6 Å². The molecule has 1 atom stereocenters. The number of aromatic nitrogens is 3. The topological polar surface area (TPSA) is 104 Å². The van der Waals surface area contributed by atoms with Crippen molar-refractivity contribution in [2.75, 3.05) is 36.4 Å². The summed E-state index contributed by atoms with van der Waals surface area (Å²) in [5.74, 6) is 0.0393. The number of likely N-dealkylation sites (tertiary alicyclic amines) is 1. The van der Waals surface area contributed by atoms with Crippen molar-refractivity contribution >= 4 is 66.8 Å². The van der Waals surface area contributed by atoms with Gasteiger partial charge < -0.3 is 19.7 Å². The zero-order valence-electron chi connectivity index (χ0n) is 29.1. The van der Waals surface area contributed by atoms with E-state index in [0.29, 0.717) is 29.6 Å². The van der Waals surface area contributed by atoms with Crippen LogP contribution in [-0.4, -0.2) is 68.9 Å². The minimum atomic E-state index is -0.530. The largest absolute Gasteiger partial charge is 0.374 e. The fourth-order valence-electron chi connectivity index (χ4n) is 9.38. The van der Waals surface area contributed by atoms with Crippen LogP contribution in [0.15, 0.2) is 63.9 Å². The SMILES string of the molecule is O=C1CCC(Nc2ccc(C3CCN(C4CCN(c5ccc6c(c5)n(C5CCCC5)c5nc(=O)c7c(Br)cccc7n65)CC4)CC3)c(F)c2)C(=O)N1. The van der Waals surface area contributed by atoms with Gasteiger partial charge in [-0.3, -0.25) is 24.1 Å². The van der Waals surface area contributed by atoms with E-state index in [0.717, 1.165) is 97.1 Å². The summed E-state index contributed by atoms with van der Waals surface area (Å²) >= 11 is 3.60. The second-order valence-corrected chi connectivity index (χ2v) is 15.9. The van der Waals surface area contributed by atoms with E-state index in [-0.39, 0.29) is 35.5 Å². The predicted octanol–water partition coefficient (Wildman–Crippen LogP) is 6.88. The van der Waals surface area contributed by atoms with Gasteiger partial charge in [0.1, 0.15) is 11.9 Å². The minimum absolute atomic E-state index is 0.169. The molecule has 12 heteroatoms. The van der Waals surface area contributed by atoms with Crippen molar-refractivity contribution in [3.05, 3.63) is 80.8 Å². The lowest BCUT2D eigenvalue weighted by Crippen LogP contribution is -2.47. The molecule has 0 spiro atoms. The number of carbonyl (C=O) groups excluding carboxylic acids is 2. The molecule has 10 nitrogen and oxygen atoms in total. The van der Waals surface area contributed by atoms with E-state index in [1.807, 2.05) is 30.3 Å². The zero-order valence-corrected chi connectivity index (χ0v) is 30.7. The summed E-state index contributed by atoms with van der Waals surface area (Å²) in [5, 5.41) is 6.05. The number of amides is 2. The summed E-state index contributed by atoms with van der Waals surface area (Å²) in [5.41, 5.74) is 5.42. The molecule has 5 aromatic rings. The first-order chi connectivity index (χ1) is 25.3. The van der Waals surface area contributed by atoms with Gasteiger partial charge >= 0.3 is 0 Å². The lowest BCUT2D eigenvalue weighted by molar-refractivity contribution is -0.133. The van der Waals surface area contributed by atoms with Crippen LogP contribution in [0.25, 0.3) is 27.7 Å². The number of rotatable bonds is 6. The molecule has 0 bridgehead atoms. The van der Waals surface area contributed by atoms with Gasteiger partial charge in [0, 0.05) is 47.4 Å². The Hall–Kier alpha value is -4.29. The van der Waals surface area contributed by atoms with Crippen LogP contribution in [-0.2, 0) is 9.59 Å². The molecule has 3 saturated heterocycles. The van der Waals surface area contributed by atoms with E-state index in [9.17, 15) is 14.4 Å². The molecule has 4 aliphatic rings. The number of fused-ring (bicyclic) bond motifs is 5. The van der Waals surface area contributed by atoms with E-state index in [1.54, 1.807) is 0 Å². The molecule has 1 unspecified atom stereocenters. The third-order valence-corrected chi connectivity index (χ3v) is 12.8. The Labute approximate surface area is 309 Å². The van der Waals surface area contributed by atoms with E-state index < -0.39 is 6.04 Å². The maximum absolute atomic E-state index is 15.3. The quantitative estimate of drug-likeness (QED) is 0.182. The fraction of sp³-hybridized carbons (Fsp3) is 0.450. The summed E-state index contributed by atoms with van der Waals surface area (Å²) in [6.07, 6.45) is 9.26. The van der Waals surface area contributed by atoms with Crippen LogP contribution in [0.4, 0.5) is 15.8 Å². The van der Waals surface area contributed by atoms with Crippen molar-refractivity contribution in [3.8, 4) is 0 Å². The highest BCUT2D eigenvalue weighted by Crippen LogP contribution is 2.38. The van der Waals surface area contributed by atoms with Gasteiger partial charge in [0.15, 0.2) is 0 Å². The van der Waals surface area contributed by atoms with Crippen LogP contribution >= 0.6 is 15.9 Å². The van der Waals surface area contributed by atoms with Crippen molar-refractivity contribution < 1.29 is 14.0 Å². The Morgan fingerprint density at radius 1 is 0.808 bits per heavy atom. The molecule has 9 rings (SSSR count).